The SMILES string of the molecule is Cc1cc[n+](C)c(-c2c(C)ccc3c2oc2c3ccc3c4ccccc4oc32)c1. The maximum Gasteiger partial charge on any atom is 0.216 e. The summed E-state index contributed by atoms with van der Waals surface area (Å²) in [6.07, 6.45) is 2.10. The lowest BCUT2D eigenvalue weighted by atomic mass is 9.99. The van der Waals surface area contributed by atoms with Crippen LogP contribution in [0, 0.1) is 13.8 Å². The number of aryl methyl sites for hydroxylation is 3. The molecule has 0 bridgehead atoms. The number of rotatable bonds is 1. The zero-order valence-corrected chi connectivity index (χ0v) is 16.6. The van der Waals surface area contributed by atoms with Crippen molar-refractivity contribution in [2.24, 2.45) is 7.05 Å². The number of hydrogen-bond acceptors (Lipinski definition) is 2. The highest BCUT2D eigenvalue weighted by molar-refractivity contribution is 6.20. The third-order valence-corrected chi connectivity index (χ3v) is 5.92. The minimum Gasteiger partial charge on any atom is -0.452 e. The summed E-state index contributed by atoms with van der Waals surface area (Å²) in [6, 6.07) is 21.1. The molecule has 0 radical (unpaired) electrons. The molecule has 0 aliphatic heterocycles. The Morgan fingerprint density at radius 2 is 1.38 bits per heavy atom. The Hall–Kier alpha value is -3.59. The number of para-hydroxylation sites is 1. The summed E-state index contributed by atoms with van der Waals surface area (Å²) in [5.74, 6) is 0. The van der Waals surface area contributed by atoms with Crippen molar-refractivity contribution < 1.29 is 13.4 Å². The van der Waals surface area contributed by atoms with Gasteiger partial charge in [-0.3, -0.25) is 0 Å². The molecule has 0 amide bonds. The lowest BCUT2D eigenvalue weighted by Gasteiger charge is -2.06. The summed E-state index contributed by atoms with van der Waals surface area (Å²) in [6.45, 7) is 4.26. The molecule has 0 fully saturated rings. The van der Waals surface area contributed by atoms with Crippen LogP contribution < -0.4 is 4.57 Å². The number of fused-ring (bicyclic) bond motifs is 7. The average Bonchev–Trinajstić information content (AvgIpc) is 3.28. The number of furan rings is 2. The molecule has 0 atom stereocenters. The van der Waals surface area contributed by atoms with Gasteiger partial charge in [0.2, 0.25) is 5.69 Å². The number of hydrogen-bond donors (Lipinski definition) is 0. The molecule has 3 heteroatoms. The first-order valence-corrected chi connectivity index (χ1v) is 9.84. The van der Waals surface area contributed by atoms with Crippen molar-refractivity contribution in [3.63, 3.8) is 0 Å². The first-order chi connectivity index (χ1) is 14.1. The monoisotopic (exact) mass is 378 g/mol. The molecule has 0 unspecified atom stereocenters. The maximum absolute atomic E-state index is 6.55. The molecule has 0 spiro atoms. The average molecular weight is 378 g/mol. The van der Waals surface area contributed by atoms with E-state index in [1.54, 1.807) is 0 Å². The topological polar surface area (TPSA) is 30.2 Å². The van der Waals surface area contributed by atoms with Gasteiger partial charge < -0.3 is 8.83 Å². The number of aromatic nitrogens is 1. The Morgan fingerprint density at radius 3 is 2.24 bits per heavy atom. The van der Waals surface area contributed by atoms with E-state index in [2.05, 4.69) is 74.1 Å². The summed E-state index contributed by atoms with van der Waals surface area (Å²) in [7, 11) is 2.08. The van der Waals surface area contributed by atoms with Gasteiger partial charge in [0.25, 0.3) is 0 Å². The van der Waals surface area contributed by atoms with Crippen LogP contribution in [0.2, 0.25) is 0 Å². The molecule has 140 valence electrons. The van der Waals surface area contributed by atoms with Gasteiger partial charge in [-0.05, 0) is 43.2 Å². The highest BCUT2D eigenvalue weighted by atomic mass is 16.4. The first-order valence-electron chi connectivity index (χ1n) is 9.84. The van der Waals surface area contributed by atoms with E-state index in [0.717, 1.165) is 55.1 Å². The van der Waals surface area contributed by atoms with Gasteiger partial charge >= 0.3 is 0 Å². The fourth-order valence-electron chi connectivity index (χ4n) is 4.42. The van der Waals surface area contributed by atoms with Crippen LogP contribution in [0.25, 0.3) is 55.1 Å². The maximum atomic E-state index is 6.55. The van der Waals surface area contributed by atoms with Crippen LogP contribution in [0.3, 0.4) is 0 Å². The van der Waals surface area contributed by atoms with Crippen LogP contribution in [-0.2, 0) is 7.05 Å². The molecule has 0 aliphatic rings. The van der Waals surface area contributed by atoms with Crippen LogP contribution in [0.4, 0.5) is 0 Å². The lowest BCUT2D eigenvalue weighted by molar-refractivity contribution is -0.660. The second-order valence-electron chi connectivity index (χ2n) is 7.85. The Labute approximate surface area is 167 Å². The fraction of sp³-hybridized carbons (Fsp3) is 0.115. The summed E-state index contributed by atoms with van der Waals surface area (Å²) in [5.41, 5.74) is 8.13. The van der Waals surface area contributed by atoms with Gasteiger partial charge in [0.05, 0.1) is 5.56 Å². The highest BCUT2D eigenvalue weighted by Crippen LogP contribution is 2.41. The Morgan fingerprint density at radius 1 is 0.690 bits per heavy atom. The van der Waals surface area contributed by atoms with E-state index < -0.39 is 0 Å². The number of pyridine rings is 1. The summed E-state index contributed by atoms with van der Waals surface area (Å²) in [5, 5.41) is 4.41. The van der Waals surface area contributed by atoms with Crippen LogP contribution >= 0.6 is 0 Å². The third kappa shape index (κ3) is 2.21. The fourth-order valence-corrected chi connectivity index (χ4v) is 4.42. The van der Waals surface area contributed by atoms with Gasteiger partial charge in [-0.1, -0.05) is 30.3 Å². The number of benzene rings is 3. The summed E-state index contributed by atoms with van der Waals surface area (Å²) >= 11 is 0. The van der Waals surface area contributed by atoms with Crippen molar-refractivity contribution in [3.8, 4) is 11.3 Å². The molecule has 0 saturated heterocycles. The first kappa shape index (κ1) is 16.4. The zero-order valence-electron chi connectivity index (χ0n) is 16.6. The predicted octanol–water partition coefficient (Wildman–Crippen LogP) is 6.59. The van der Waals surface area contributed by atoms with Crippen LogP contribution in [0.15, 0.2) is 75.7 Å². The summed E-state index contributed by atoms with van der Waals surface area (Å²) in [4.78, 5) is 0. The Kier molecular flexibility index (Phi) is 3.22. The second-order valence-corrected chi connectivity index (χ2v) is 7.85. The van der Waals surface area contributed by atoms with Gasteiger partial charge in [-0.25, -0.2) is 4.57 Å². The molecule has 0 aliphatic carbocycles. The van der Waals surface area contributed by atoms with E-state index in [1.807, 2.05) is 18.2 Å². The Balaban J connectivity index is 1.78. The predicted molar refractivity (Wildman–Crippen MR) is 117 cm³/mol. The Bertz CT molecular complexity index is 1580. The molecule has 0 saturated carbocycles. The smallest absolute Gasteiger partial charge is 0.216 e. The minimum atomic E-state index is 0.816. The quantitative estimate of drug-likeness (QED) is 0.302. The highest BCUT2D eigenvalue weighted by Gasteiger charge is 2.22. The van der Waals surface area contributed by atoms with Crippen molar-refractivity contribution in [3.05, 3.63) is 78.0 Å². The van der Waals surface area contributed by atoms with Crippen LogP contribution in [0.1, 0.15) is 11.1 Å². The van der Waals surface area contributed by atoms with Gasteiger partial charge in [-0.2, -0.15) is 0 Å². The normalized spacial score (nSPS) is 12.0. The molecule has 6 aromatic rings. The van der Waals surface area contributed by atoms with Gasteiger partial charge in [0.1, 0.15) is 18.2 Å². The molecule has 3 heterocycles. The van der Waals surface area contributed by atoms with Crippen molar-refractivity contribution >= 4 is 43.9 Å². The zero-order chi connectivity index (χ0) is 19.7. The summed E-state index contributed by atoms with van der Waals surface area (Å²) < 4.78 is 14.9. The molecule has 3 nitrogen and oxygen atoms in total. The van der Waals surface area contributed by atoms with E-state index in [4.69, 9.17) is 8.83 Å². The van der Waals surface area contributed by atoms with E-state index in [1.165, 1.54) is 11.1 Å². The van der Waals surface area contributed by atoms with E-state index >= 15 is 0 Å². The minimum absolute atomic E-state index is 0.816. The lowest BCUT2D eigenvalue weighted by Crippen LogP contribution is -2.30. The van der Waals surface area contributed by atoms with E-state index in [9.17, 15) is 0 Å². The molecule has 29 heavy (non-hydrogen) atoms. The number of nitrogens with zero attached hydrogens (tertiary/aromatic N) is 1. The van der Waals surface area contributed by atoms with Crippen molar-refractivity contribution in [1.29, 1.82) is 0 Å². The molecule has 0 N–H and O–H groups in total. The van der Waals surface area contributed by atoms with Crippen molar-refractivity contribution in [2.75, 3.05) is 0 Å². The van der Waals surface area contributed by atoms with E-state index in [-0.39, 0.29) is 0 Å². The third-order valence-electron chi connectivity index (χ3n) is 5.92. The molecular formula is C26H20NO2+. The standard InChI is InChI=1S/C26H20NO2/c1-15-12-13-27(3)21(14-15)23-16(2)8-9-19-20-11-10-18-17-6-4-5-7-22(17)28-25(18)26(20)29-24(19)23/h4-14H,1-3H3/q+1. The molecule has 3 aromatic carbocycles. The molecule has 3 aromatic heterocycles. The largest absolute Gasteiger partial charge is 0.452 e. The van der Waals surface area contributed by atoms with Gasteiger partial charge in [-0.15, -0.1) is 0 Å². The van der Waals surface area contributed by atoms with Crippen LogP contribution in [-0.4, -0.2) is 0 Å². The van der Waals surface area contributed by atoms with Crippen molar-refractivity contribution in [2.45, 2.75) is 13.8 Å². The van der Waals surface area contributed by atoms with E-state index in [0.29, 0.717) is 0 Å². The second kappa shape index (κ2) is 5.71. The van der Waals surface area contributed by atoms with Crippen LogP contribution in [0.5, 0.6) is 0 Å². The molecular weight excluding hydrogens is 358 g/mol. The molecule has 6 rings (SSSR count). The van der Waals surface area contributed by atoms with Gasteiger partial charge in [0.15, 0.2) is 17.4 Å². The van der Waals surface area contributed by atoms with Gasteiger partial charge in [0, 0.05) is 33.7 Å². The van der Waals surface area contributed by atoms with Crippen molar-refractivity contribution in [1.82, 2.24) is 0 Å².